The van der Waals surface area contributed by atoms with Gasteiger partial charge in [0.1, 0.15) is 0 Å². The molecule has 0 aliphatic carbocycles. The van der Waals surface area contributed by atoms with Crippen LogP contribution < -0.4 is 9.47 Å². The number of aromatic nitrogens is 2. The number of hydrogen-bond donors (Lipinski definition) is 0. The summed E-state index contributed by atoms with van der Waals surface area (Å²) in [5.41, 5.74) is 8.32. The fourth-order valence-electron chi connectivity index (χ4n) is 7.83. The Hall–Kier alpha value is -4.96. The molecule has 2 aromatic heterocycles. The summed E-state index contributed by atoms with van der Waals surface area (Å²) in [6, 6.07) is 28.4. The minimum absolute atomic E-state index is 0.217. The highest BCUT2D eigenvalue weighted by atomic mass is 35.5. The number of benzene rings is 4. The van der Waals surface area contributed by atoms with Crippen molar-refractivity contribution in [3.05, 3.63) is 128 Å². The summed E-state index contributed by atoms with van der Waals surface area (Å²) in [6.45, 7) is 6.38. The van der Waals surface area contributed by atoms with Crippen molar-refractivity contribution in [3.63, 3.8) is 0 Å². The van der Waals surface area contributed by atoms with Gasteiger partial charge in [0, 0.05) is 63.2 Å². The van der Waals surface area contributed by atoms with Gasteiger partial charge in [-0.05, 0) is 136 Å². The van der Waals surface area contributed by atoms with Crippen molar-refractivity contribution in [2.24, 2.45) is 0 Å². The third kappa shape index (κ3) is 7.41. The zero-order valence-electron chi connectivity index (χ0n) is 31.7. The predicted octanol–water partition coefficient (Wildman–Crippen LogP) is 10.1. The molecule has 55 heavy (non-hydrogen) atoms. The molecule has 2 atom stereocenters. The topological polar surface area (TPSA) is 34.8 Å². The lowest BCUT2D eigenvalue weighted by atomic mass is 9.96. The smallest absolute Gasteiger partial charge is 0.166 e. The molecular formula is C45H42Cl2F2N4O2. The lowest BCUT2D eigenvalue weighted by Gasteiger charge is -2.32. The standard InChI is InChI=1S/C23H22ClFN2O.C22H20ClFN2O/c1-4-20-23-17(10-11-26(20)2)18-14-16(24)6-7-21(18)27(23)12-9-15-5-8-22(28-3)19(25)13-15;1-14-22-17(9-10-25(14)2)18-13-16(23)5-6-20(18)26(22)11-8-15-4-7-21(27-3)19(24)12-15/h5-8,13-14,20H,4,10-11H2,1-3H3;4-7,12-14H,9-10H2,1-3H3. The van der Waals surface area contributed by atoms with Gasteiger partial charge in [-0.25, -0.2) is 8.78 Å². The van der Waals surface area contributed by atoms with Gasteiger partial charge in [-0.2, -0.15) is 0 Å². The van der Waals surface area contributed by atoms with Gasteiger partial charge >= 0.3 is 0 Å². The maximum absolute atomic E-state index is 14.0. The number of hydrogen-bond acceptors (Lipinski definition) is 4. The second-order valence-electron chi connectivity index (χ2n) is 14.0. The van der Waals surface area contributed by atoms with Gasteiger partial charge < -0.3 is 9.47 Å². The van der Waals surface area contributed by atoms with Crippen molar-refractivity contribution in [2.75, 3.05) is 41.4 Å². The molecule has 2 aliphatic heterocycles. The maximum Gasteiger partial charge on any atom is 0.166 e. The van der Waals surface area contributed by atoms with Gasteiger partial charge in [-0.3, -0.25) is 18.9 Å². The number of ether oxygens (including phenoxy) is 2. The molecule has 0 saturated heterocycles. The average Bonchev–Trinajstić information content (AvgIpc) is 3.66. The number of nitrogens with zero attached hydrogens (tertiary/aromatic N) is 4. The van der Waals surface area contributed by atoms with Gasteiger partial charge in [0.25, 0.3) is 0 Å². The van der Waals surface area contributed by atoms with E-state index in [1.54, 1.807) is 24.3 Å². The Labute approximate surface area is 331 Å². The molecule has 282 valence electrons. The van der Waals surface area contributed by atoms with Gasteiger partial charge in [-0.15, -0.1) is 0 Å². The summed E-state index contributed by atoms with van der Waals surface area (Å²) in [7, 11) is 7.17. The molecular weight excluding hydrogens is 737 g/mol. The highest BCUT2D eigenvalue weighted by Crippen LogP contribution is 2.39. The number of rotatable bonds is 3. The monoisotopic (exact) mass is 778 g/mol. The van der Waals surface area contributed by atoms with E-state index in [1.165, 1.54) is 48.9 Å². The second-order valence-corrected chi connectivity index (χ2v) is 14.8. The number of halogens is 4. The average molecular weight is 780 g/mol. The Bertz CT molecular complexity index is 2560. The van der Waals surface area contributed by atoms with E-state index in [0.717, 1.165) is 64.2 Å². The summed E-state index contributed by atoms with van der Waals surface area (Å²) in [6.07, 6.45) is 2.91. The largest absolute Gasteiger partial charge is 0.494 e. The summed E-state index contributed by atoms with van der Waals surface area (Å²) in [5.74, 6) is 5.83. The first kappa shape index (κ1) is 38.3. The first-order valence-electron chi connectivity index (χ1n) is 18.3. The van der Waals surface area contributed by atoms with E-state index in [2.05, 4.69) is 66.2 Å². The van der Waals surface area contributed by atoms with E-state index >= 15 is 0 Å². The minimum Gasteiger partial charge on any atom is -0.494 e. The Balaban J connectivity index is 0.000000169. The molecule has 0 bridgehead atoms. The third-order valence-corrected chi connectivity index (χ3v) is 11.3. The summed E-state index contributed by atoms with van der Waals surface area (Å²) >= 11 is 12.5. The highest BCUT2D eigenvalue weighted by Gasteiger charge is 2.30. The first-order valence-corrected chi connectivity index (χ1v) is 19.1. The summed E-state index contributed by atoms with van der Waals surface area (Å²) in [5, 5.41) is 3.75. The van der Waals surface area contributed by atoms with E-state index in [4.69, 9.17) is 32.7 Å². The molecule has 2 aliphatic rings. The van der Waals surface area contributed by atoms with Crippen LogP contribution in [0.15, 0.2) is 72.8 Å². The lowest BCUT2D eigenvalue weighted by Crippen LogP contribution is -2.32. The van der Waals surface area contributed by atoms with E-state index in [0.29, 0.717) is 11.1 Å². The summed E-state index contributed by atoms with van der Waals surface area (Å²) < 4.78 is 42.1. The number of methoxy groups -OCH3 is 2. The van der Waals surface area contributed by atoms with E-state index in [-0.39, 0.29) is 23.6 Å². The first-order chi connectivity index (χ1) is 26.5. The molecule has 2 unspecified atom stereocenters. The van der Waals surface area contributed by atoms with Crippen LogP contribution in [0.3, 0.4) is 0 Å². The molecule has 0 radical (unpaired) electrons. The molecule has 6 nitrogen and oxygen atoms in total. The van der Waals surface area contributed by atoms with Crippen molar-refractivity contribution in [1.29, 1.82) is 0 Å². The van der Waals surface area contributed by atoms with Crippen LogP contribution in [-0.4, -0.2) is 60.3 Å². The van der Waals surface area contributed by atoms with Crippen LogP contribution in [0.25, 0.3) is 21.8 Å². The molecule has 0 N–H and O–H groups in total. The van der Waals surface area contributed by atoms with Crippen molar-refractivity contribution in [2.45, 2.75) is 45.2 Å². The lowest BCUT2D eigenvalue weighted by molar-refractivity contribution is 0.219. The van der Waals surface area contributed by atoms with Crippen LogP contribution in [0.2, 0.25) is 10.0 Å². The molecule has 8 rings (SSSR count). The van der Waals surface area contributed by atoms with Crippen molar-refractivity contribution < 1.29 is 18.3 Å². The molecule has 0 amide bonds. The van der Waals surface area contributed by atoms with Crippen LogP contribution in [0, 0.1) is 35.6 Å². The molecule has 0 saturated carbocycles. The summed E-state index contributed by atoms with van der Waals surface area (Å²) in [4.78, 5) is 4.68. The van der Waals surface area contributed by atoms with E-state index in [9.17, 15) is 8.78 Å². The fraction of sp³-hybridized carbons (Fsp3) is 0.289. The van der Waals surface area contributed by atoms with Crippen molar-refractivity contribution >= 4 is 45.0 Å². The highest BCUT2D eigenvalue weighted by molar-refractivity contribution is 6.31. The second kappa shape index (κ2) is 16.0. The van der Waals surface area contributed by atoms with Crippen LogP contribution in [0.1, 0.15) is 66.0 Å². The molecule has 4 heterocycles. The molecule has 4 aromatic carbocycles. The quantitative estimate of drug-likeness (QED) is 0.168. The van der Waals surface area contributed by atoms with Gasteiger partial charge in [0.05, 0.1) is 42.7 Å². The van der Waals surface area contributed by atoms with Crippen molar-refractivity contribution in [1.82, 2.24) is 18.9 Å². The van der Waals surface area contributed by atoms with Crippen LogP contribution in [0.4, 0.5) is 8.78 Å². The Morgan fingerprint density at radius 3 is 1.62 bits per heavy atom. The van der Waals surface area contributed by atoms with E-state index < -0.39 is 11.6 Å². The van der Waals surface area contributed by atoms with Gasteiger partial charge in [0.2, 0.25) is 0 Å². The zero-order valence-corrected chi connectivity index (χ0v) is 33.2. The fourth-order valence-corrected chi connectivity index (χ4v) is 8.17. The molecule has 6 aromatic rings. The molecule has 0 fully saturated rings. The van der Waals surface area contributed by atoms with Gasteiger partial charge in [-0.1, -0.05) is 30.1 Å². The normalized spacial score (nSPS) is 16.6. The predicted molar refractivity (Wildman–Crippen MR) is 218 cm³/mol. The zero-order chi connectivity index (χ0) is 39.0. The SMILES string of the molecule is CCC1c2c(c3cc(Cl)ccc3n2C#Cc2ccc(OC)c(F)c2)CCN1C.COc1ccc(C#Cn2c3c(c4cc(Cl)ccc42)CCN(C)C3C)cc1F. The Morgan fingerprint density at radius 1 is 0.673 bits per heavy atom. The number of fused-ring (bicyclic) bond motifs is 6. The van der Waals surface area contributed by atoms with Crippen LogP contribution in [0.5, 0.6) is 11.5 Å². The Morgan fingerprint density at radius 2 is 1.15 bits per heavy atom. The van der Waals surface area contributed by atoms with E-state index in [1.807, 2.05) is 41.0 Å². The van der Waals surface area contributed by atoms with Crippen molar-refractivity contribution in [3.8, 4) is 35.4 Å². The van der Waals surface area contributed by atoms with Gasteiger partial charge in [0.15, 0.2) is 23.1 Å². The van der Waals surface area contributed by atoms with Crippen LogP contribution >= 0.6 is 23.2 Å². The minimum atomic E-state index is -0.413. The molecule has 0 spiro atoms. The maximum atomic E-state index is 14.0. The van der Waals surface area contributed by atoms with Crippen LogP contribution in [-0.2, 0) is 12.8 Å². The number of likely N-dealkylation sites (N-methyl/N-ethyl adjacent to an activating group) is 2. The Kier molecular flexibility index (Phi) is 11.2. The molecule has 10 heteroatoms. The third-order valence-electron chi connectivity index (χ3n) is 10.8.